The van der Waals surface area contributed by atoms with E-state index in [0.29, 0.717) is 28.3 Å². The number of rotatable bonds is 4. The van der Waals surface area contributed by atoms with Gasteiger partial charge in [-0.1, -0.05) is 94.3 Å². The third-order valence-corrected chi connectivity index (χ3v) is 7.43. The second kappa shape index (κ2) is 10.0. The first-order valence-corrected chi connectivity index (χ1v) is 13.3. The van der Waals surface area contributed by atoms with E-state index in [1.807, 2.05) is 78.9 Å². The highest BCUT2D eigenvalue weighted by molar-refractivity contribution is 9.10. The average Bonchev–Trinajstić information content (AvgIpc) is 3.38. The van der Waals surface area contributed by atoms with E-state index >= 15 is 0 Å². The Morgan fingerprint density at radius 3 is 2.37 bits per heavy atom. The number of carbonyl (C=O) groups excluding carboxylic acids is 1. The number of hydrazone groups is 1. The second-order valence-corrected chi connectivity index (χ2v) is 10.4. The zero-order valence-electron chi connectivity index (χ0n) is 20.1. The summed E-state index contributed by atoms with van der Waals surface area (Å²) in [6, 6.07) is 31.8. The molecule has 0 saturated heterocycles. The highest BCUT2D eigenvalue weighted by Crippen LogP contribution is 2.38. The molecule has 0 bridgehead atoms. The van der Waals surface area contributed by atoms with Crippen LogP contribution in [-0.2, 0) is 0 Å². The summed E-state index contributed by atoms with van der Waals surface area (Å²) in [7, 11) is 0. The Hall–Kier alpha value is -4.00. The minimum Gasteiger partial charge on any atom is -0.321 e. The number of nitrogens with one attached hydrogen (secondary N) is 1. The van der Waals surface area contributed by atoms with Gasteiger partial charge in [-0.3, -0.25) is 9.59 Å². The SMILES string of the molecule is O=C(c1cccc(Cl)c1)N1N=C(c2c(-c3ccccc3)c3cc(Br)ccc3[nH]c2=O)C[C@H]1c1ccccc1. The van der Waals surface area contributed by atoms with Gasteiger partial charge >= 0.3 is 0 Å². The lowest BCUT2D eigenvalue weighted by Crippen LogP contribution is -2.27. The maximum absolute atomic E-state index is 13.7. The first kappa shape index (κ1) is 24.3. The fraction of sp³-hybridized carbons (Fsp3) is 0.0645. The van der Waals surface area contributed by atoms with Crippen LogP contribution >= 0.6 is 27.5 Å². The number of halogens is 2. The molecule has 0 fully saturated rings. The number of carbonyl (C=O) groups is 1. The standard InChI is InChI=1S/C31H21BrClN3O2/c32-22-14-15-25-24(17-22)28(20-10-5-2-6-11-20)29(30(37)34-25)26-18-27(19-8-3-1-4-9-19)36(35-26)31(38)21-12-7-13-23(33)16-21/h1-17,27H,18H2,(H,34,37)/t27-/m0/s1. The molecule has 1 atom stereocenters. The highest BCUT2D eigenvalue weighted by Gasteiger charge is 2.36. The summed E-state index contributed by atoms with van der Waals surface area (Å²) >= 11 is 9.78. The van der Waals surface area contributed by atoms with Crippen molar-refractivity contribution in [1.82, 2.24) is 9.99 Å². The van der Waals surface area contributed by atoms with Crippen molar-refractivity contribution in [1.29, 1.82) is 0 Å². The molecule has 1 aliphatic rings. The topological polar surface area (TPSA) is 65.5 Å². The van der Waals surface area contributed by atoms with Crippen molar-refractivity contribution in [2.24, 2.45) is 5.10 Å². The Morgan fingerprint density at radius 2 is 1.63 bits per heavy atom. The van der Waals surface area contributed by atoms with Gasteiger partial charge in [0.25, 0.3) is 11.5 Å². The molecule has 186 valence electrons. The Balaban J connectivity index is 1.57. The molecule has 0 aliphatic carbocycles. The Labute approximate surface area is 232 Å². The fourth-order valence-corrected chi connectivity index (χ4v) is 5.53. The lowest BCUT2D eigenvalue weighted by atomic mass is 9.91. The number of amides is 1. The molecule has 7 heteroatoms. The van der Waals surface area contributed by atoms with E-state index in [-0.39, 0.29) is 17.5 Å². The summed E-state index contributed by atoms with van der Waals surface area (Å²) in [5.74, 6) is -0.280. The fourth-order valence-electron chi connectivity index (χ4n) is 4.98. The predicted octanol–water partition coefficient (Wildman–Crippen LogP) is 7.60. The van der Waals surface area contributed by atoms with Crippen LogP contribution in [0.3, 0.4) is 0 Å². The number of pyridine rings is 1. The van der Waals surface area contributed by atoms with Crippen molar-refractivity contribution in [3.05, 3.63) is 140 Å². The monoisotopic (exact) mass is 581 g/mol. The third kappa shape index (κ3) is 4.46. The summed E-state index contributed by atoms with van der Waals surface area (Å²) in [5.41, 5.74) is 4.54. The molecule has 6 rings (SSSR count). The van der Waals surface area contributed by atoms with E-state index in [1.54, 1.807) is 24.3 Å². The van der Waals surface area contributed by atoms with Gasteiger partial charge in [-0.2, -0.15) is 5.10 Å². The smallest absolute Gasteiger partial charge is 0.274 e. The number of aromatic amines is 1. The Morgan fingerprint density at radius 1 is 0.895 bits per heavy atom. The van der Waals surface area contributed by atoms with Crippen LogP contribution in [0.2, 0.25) is 5.02 Å². The first-order valence-electron chi connectivity index (χ1n) is 12.1. The largest absolute Gasteiger partial charge is 0.321 e. The molecule has 0 spiro atoms. The number of hydrogen-bond acceptors (Lipinski definition) is 3. The van der Waals surface area contributed by atoms with Crippen LogP contribution in [0.4, 0.5) is 0 Å². The molecule has 1 amide bonds. The molecule has 0 radical (unpaired) electrons. The molecule has 0 saturated carbocycles. The Bertz CT molecular complexity index is 1770. The summed E-state index contributed by atoms with van der Waals surface area (Å²) in [5, 5.41) is 7.66. The summed E-state index contributed by atoms with van der Waals surface area (Å²) < 4.78 is 0.897. The molecule has 4 aromatic carbocycles. The average molecular weight is 583 g/mol. The number of H-pyrrole nitrogens is 1. The lowest BCUT2D eigenvalue weighted by Gasteiger charge is -2.22. The molecule has 2 heterocycles. The van der Waals surface area contributed by atoms with Gasteiger partial charge in [-0.15, -0.1) is 0 Å². The van der Waals surface area contributed by atoms with Crippen molar-refractivity contribution in [3.63, 3.8) is 0 Å². The van der Waals surface area contributed by atoms with Gasteiger partial charge in [-0.05, 0) is 47.5 Å². The number of fused-ring (bicyclic) bond motifs is 1. The van der Waals surface area contributed by atoms with E-state index < -0.39 is 0 Å². The molecule has 1 N–H and O–H groups in total. The number of nitrogens with zero attached hydrogens (tertiary/aromatic N) is 2. The molecule has 1 aliphatic heterocycles. The summed E-state index contributed by atoms with van der Waals surface area (Å²) in [4.78, 5) is 30.4. The normalized spacial score (nSPS) is 15.1. The van der Waals surface area contributed by atoms with Crippen LogP contribution in [0.25, 0.3) is 22.0 Å². The molecule has 5 nitrogen and oxygen atoms in total. The predicted molar refractivity (Wildman–Crippen MR) is 156 cm³/mol. The summed E-state index contributed by atoms with van der Waals surface area (Å²) in [6.07, 6.45) is 0.388. The highest BCUT2D eigenvalue weighted by atomic mass is 79.9. The van der Waals surface area contributed by atoms with Crippen LogP contribution < -0.4 is 5.56 Å². The van der Waals surface area contributed by atoms with E-state index in [4.69, 9.17) is 16.7 Å². The minimum atomic E-state index is -0.376. The van der Waals surface area contributed by atoms with Crippen molar-refractivity contribution < 1.29 is 4.79 Å². The van der Waals surface area contributed by atoms with Crippen molar-refractivity contribution in [3.8, 4) is 11.1 Å². The van der Waals surface area contributed by atoms with Gasteiger partial charge in [0, 0.05) is 37.9 Å². The molecular formula is C31H21BrClN3O2. The van der Waals surface area contributed by atoms with Crippen molar-refractivity contribution in [2.75, 3.05) is 0 Å². The first-order chi connectivity index (χ1) is 18.5. The third-order valence-electron chi connectivity index (χ3n) is 6.70. The molecule has 38 heavy (non-hydrogen) atoms. The van der Waals surface area contributed by atoms with Gasteiger partial charge in [0.1, 0.15) is 0 Å². The summed E-state index contributed by atoms with van der Waals surface area (Å²) in [6.45, 7) is 0. The maximum atomic E-state index is 13.7. The van der Waals surface area contributed by atoms with Gasteiger partial charge in [0.05, 0.1) is 17.3 Å². The number of benzene rings is 4. The van der Waals surface area contributed by atoms with Crippen molar-refractivity contribution in [2.45, 2.75) is 12.5 Å². The molecule has 0 unspecified atom stereocenters. The number of aromatic nitrogens is 1. The van der Waals surface area contributed by atoms with E-state index in [0.717, 1.165) is 32.1 Å². The minimum absolute atomic E-state index is 0.249. The maximum Gasteiger partial charge on any atom is 0.274 e. The van der Waals surface area contributed by atoms with Gasteiger partial charge in [0.15, 0.2) is 0 Å². The zero-order valence-corrected chi connectivity index (χ0v) is 22.4. The van der Waals surface area contributed by atoms with Crippen molar-refractivity contribution >= 4 is 50.1 Å². The molecule has 5 aromatic rings. The lowest BCUT2D eigenvalue weighted by molar-refractivity contribution is 0.0711. The van der Waals surface area contributed by atoms with Gasteiger partial charge in [-0.25, -0.2) is 5.01 Å². The molecular weight excluding hydrogens is 562 g/mol. The van der Waals surface area contributed by atoms with Crippen LogP contribution in [0, 0.1) is 0 Å². The van der Waals surface area contributed by atoms with Crippen LogP contribution in [0.5, 0.6) is 0 Å². The second-order valence-electron chi connectivity index (χ2n) is 9.10. The van der Waals surface area contributed by atoms with Gasteiger partial charge in [0.2, 0.25) is 0 Å². The number of hydrogen-bond donors (Lipinski definition) is 1. The van der Waals surface area contributed by atoms with E-state index in [2.05, 4.69) is 20.9 Å². The van der Waals surface area contributed by atoms with Crippen LogP contribution in [0.1, 0.15) is 33.9 Å². The zero-order chi connectivity index (χ0) is 26.2. The van der Waals surface area contributed by atoms with Crippen LogP contribution in [-0.4, -0.2) is 21.6 Å². The molecule has 1 aromatic heterocycles. The van der Waals surface area contributed by atoms with Crippen LogP contribution in [0.15, 0.2) is 117 Å². The quantitative estimate of drug-likeness (QED) is 0.237. The Kier molecular flexibility index (Phi) is 6.44. The van der Waals surface area contributed by atoms with E-state index in [1.165, 1.54) is 5.01 Å². The van der Waals surface area contributed by atoms with Gasteiger partial charge < -0.3 is 4.98 Å². The van der Waals surface area contributed by atoms with E-state index in [9.17, 15) is 9.59 Å².